The molecule has 0 spiro atoms. The number of carbonyl (C=O) groups is 1. The van der Waals surface area contributed by atoms with Gasteiger partial charge in [0.15, 0.2) is 0 Å². The largest absolute Gasteiger partial charge is 0.352 e. The molecule has 3 nitrogen and oxygen atoms in total. The zero-order valence-corrected chi connectivity index (χ0v) is 12.0. The summed E-state index contributed by atoms with van der Waals surface area (Å²) in [5.74, 6) is -0.0388. The van der Waals surface area contributed by atoms with Crippen molar-refractivity contribution in [3.63, 3.8) is 0 Å². The highest BCUT2D eigenvalue weighted by atomic mass is 16.1. The molecular weight excluding hydrogens is 248 g/mol. The normalized spacial score (nSPS) is 10.3. The molecule has 0 radical (unpaired) electrons. The molecule has 2 aromatic rings. The maximum atomic E-state index is 12.0. The van der Waals surface area contributed by atoms with Crippen LogP contribution in [-0.2, 0) is 0 Å². The molecule has 1 aromatic carbocycles. The second-order valence-electron chi connectivity index (χ2n) is 4.80. The van der Waals surface area contributed by atoms with E-state index in [1.165, 1.54) is 0 Å². The SMILES string of the molecule is CCCCNC(=O)c1ccc(-c2ccccc2)nc1C. The maximum absolute atomic E-state index is 12.0. The van der Waals surface area contributed by atoms with E-state index in [1.54, 1.807) is 0 Å². The van der Waals surface area contributed by atoms with Crippen molar-refractivity contribution in [2.24, 2.45) is 0 Å². The Balaban J connectivity index is 2.16. The van der Waals surface area contributed by atoms with Crippen molar-refractivity contribution in [1.29, 1.82) is 0 Å². The number of aryl methyl sites for hydroxylation is 1. The van der Waals surface area contributed by atoms with Crippen molar-refractivity contribution in [2.75, 3.05) is 6.54 Å². The summed E-state index contributed by atoms with van der Waals surface area (Å²) in [5.41, 5.74) is 3.38. The quantitative estimate of drug-likeness (QED) is 0.842. The Morgan fingerprint density at radius 1 is 1.15 bits per heavy atom. The Hall–Kier alpha value is -2.16. The third-order valence-corrected chi connectivity index (χ3v) is 3.22. The van der Waals surface area contributed by atoms with Crippen LogP contribution < -0.4 is 5.32 Å². The van der Waals surface area contributed by atoms with Gasteiger partial charge in [-0.25, -0.2) is 0 Å². The summed E-state index contributed by atoms with van der Waals surface area (Å²) in [6, 6.07) is 13.7. The number of unbranched alkanes of at least 4 members (excludes halogenated alkanes) is 1. The Kier molecular flexibility index (Phi) is 4.88. The highest BCUT2D eigenvalue weighted by Crippen LogP contribution is 2.18. The summed E-state index contributed by atoms with van der Waals surface area (Å²) in [6.45, 7) is 4.70. The molecule has 2 rings (SSSR count). The Morgan fingerprint density at radius 3 is 2.55 bits per heavy atom. The molecule has 0 aliphatic rings. The van der Waals surface area contributed by atoms with Crippen LogP contribution in [0.4, 0.5) is 0 Å². The van der Waals surface area contributed by atoms with Crippen LogP contribution in [0.15, 0.2) is 42.5 Å². The first kappa shape index (κ1) is 14.3. The third kappa shape index (κ3) is 3.44. The van der Waals surface area contributed by atoms with E-state index in [-0.39, 0.29) is 5.91 Å². The number of rotatable bonds is 5. The summed E-state index contributed by atoms with van der Waals surface area (Å²) < 4.78 is 0. The lowest BCUT2D eigenvalue weighted by molar-refractivity contribution is 0.0952. The Morgan fingerprint density at radius 2 is 1.90 bits per heavy atom. The lowest BCUT2D eigenvalue weighted by Gasteiger charge is -2.08. The van der Waals surface area contributed by atoms with Crippen LogP contribution in [0.25, 0.3) is 11.3 Å². The van der Waals surface area contributed by atoms with Crippen LogP contribution in [0, 0.1) is 6.92 Å². The van der Waals surface area contributed by atoms with Crippen LogP contribution in [0.5, 0.6) is 0 Å². The third-order valence-electron chi connectivity index (χ3n) is 3.22. The van der Waals surface area contributed by atoms with Crippen LogP contribution in [0.3, 0.4) is 0 Å². The summed E-state index contributed by atoms with van der Waals surface area (Å²) in [6.07, 6.45) is 2.07. The summed E-state index contributed by atoms with van der Waals surface area (Å²) >= 11 is 0. The lowest BCUT2D eigenvalue weighted by atomic mass is 10.1. The molecule has 0 fully saturated rings. The van der Waals surface area contributed by atoms with Gasteiger partial charge < -0.3 is 5.32 Å². The molecule has 0 aliphatic carbocycles. The zero-order valence-electron chi connectivity index (χ0n) is 12.0. The van der Waals surface area contributed by atoms with E-state index in [4.69, 9.17) is 0 Å². The van der Waals surface area contributed by atoms with Crippen molar-refractivity contribution in [3.05, 3.63) is 53.7 Å². The Labute approximate surface area is 120 Å². The zero-order chi connectivity index (χ0) is 14.4. The lowest BCUT2D eigenvalue weighted by Crippen LogP contribution is -2.25. The molecule has 3 heteroatoms. The van der Waals surface area contributed by atoms with E-state index < -0.39 is 0 Å². The average molecular weight is 268 g/mol. The summed E-state index contributed by atoms with van der Waals surface area (Å²) in [5, 5.41) is 2.92. The molecule has 0 bridgehead atoms. The smallest absolute Gasteiger partial charge is 0.253 e. The standard InChI is InChI=1S/C17H20N2O/c1-3-4-12-18-17(20)15-10-11-16(19-13(15)2)14-8-6-5-7-9-14/h5-11H,3-4,12H2,1-2H3,(H,18,20). The average Bonchev–Trinajstić information content (AvgIpc) is 2.48. The molecule has 1 N–H and O–H groups in total. The second-order valence-corrected chi connectivity index (χ2v) is 4.80. The Bertz CT molecular complexity index is 579. The van der Waals surface area contributed by atoms with E-state index in [2.05, 4.69) is 17.2 Å². The molecule has 1 heterocycles. The van der Waals surface area contributed by atoms with E-state index >= 15 is 0 Å². The number of hydrogen-bond donors (Lipinski definition) is 1. The van der Waals surface area contributed by atoms with Crippen molar-refractivity contribution in [2.45, 2.75) is 26.7 Å². The monoisotopic (exact) mass is 268 g/mol. The first-order valence-electron chi connectivity index (χ1n) is 7.03. The molecule has 0 aliphatic heterocycles. The van der Waals surface area contributed by atoms with Gasteiger partial charge in [0.05, 0.1) is 17.0 Å². The fourth-order valence-corrected chi connectivity index (χ4v) is 2.04. The number of nitrogens with zero attached hydrogens (tertiary/aromatic N) is 1. The van der Waals surface area contributed by atoms with Crippen LogP contribution in [-0.4, -0.2) is 17.4 Å². The van der Waals surface area contributed by atoms with Gasteiger partial charge in [0.25, 0.3) is 5.91 Å². The fraction of sp³-hybridized carbons (Fsp3) is 0.294. The topological polar surface area (TPSA) is 42.0 Å². The number of nitrogens with one attached hydrogen (secondary N) is 1. The first-order valence-corrected chi connectivity index (χ1v) is 7.03. The highest BCUT2D eigenvalue weighted by Gasteiger charge is 2.10. The minimum absolute atomic E-state index is 0.0388. The molecule has 20 heavy (non-hydrogen) atoms. The van der Waals surface area contributed by atoms with Crippen molar-refractivity contribution < 1.29 is 4.79 Å². The van der Waals surface area contributed by atoms with E-state index in [0.29, 0.717) is 5.56 Å². The van der Waals surface area contributed by atoms with E-state index in [1.807, 2.05) is 49.4 Å². The number of benzene rings is 1. The molecule has 0 unspecified atom stereocenters. The predicted octanol–water partition coefficient (Wildman–Crippen LogP) is 3.59. The van der Waals surface area contributed by atoms with Gasteiger partial charge in [0.1, 0.15) is 0 Å². The minimum atomic E-state index is -0.0388. The van der Waals surface area contributed by atoms with Gasteiger partial charge in [-0.1, -0.05) is 43.7 Å². The minimum Gasteiger partial charge on any atom is -0.352 e. The van der Waals surface area contributed by atoms with Crippen LogP contribution >= 0.6 is 0 Å². The summed E-state index contributed by atoms with van der Waals surface area (Å²) in [7, 11) is 0. The number of aromatic nitrogens is 1. The molecule has 1 aromatic heterocycles. The van der Waals surface area contributed by atoms with Gasteiger partial charge in [0.2, 0.25) is 0 Å². The van der Waals surface area contributed by atoms with Gasteiger partial charge >= 0.3 is 0 Å². The van der Waals surface area contributed by atoms with Crippen molar-refractivity contribution in [3.8, 4) is 11.3 Å². The number of amides is 1. The molecule has 0 atom stereocenters. The molecular formula is C17H20N2O. The predicted molar refractivity (Wildman–Crippen MR) is 81.7 cm³/mol. The van der Waals surface area contributed by atoms with E-state index in [9.17, 15) is 4.79 Å². The molecule has 0 saturated carbocycles. The van der Waals surface area contributed by atoms with Crippen LogP contribution in [0.1, 0.15) is 35.8 Å². The van der Waals surface area contributed by atoms with Crippen LogP contribution in [0.2, 0.25) is 0 Å². The summed E-state index contributed by atoms with van der Waals surface area (Å²) in [4.78, 5) is 16.6. The molecule has 0 saturated heterocycles. The fourth-order valence-electron chi connectivity index (χ4n) is 2.04. The molecule has 1 amide bonds. The van der Waals surface area contributed by atoms with Crippen molar-refractivity contribution >= 4 is 5.91 Å². The molecule has 104 valence electrons. The number of hydrogen-bond acceptors (Lipinski definition) is 2. The van der Waals surface area contributed by atoms with Gasteiger partial charge in [0, 0.05) is 12.1 Å². The van der Waals surface area contributed by atoms with Gasteiger partial charge in [-0.05, 0) is 25.5 Å². The van der Waals surface area contributed by atoms with Gasteiger partial charge in [-0.2, -0.15) is 0 Å². The highest BCUT2D eigenvalue weighted by molar-refractivity contribution is 5.95. The van der Waals surface area contributed by atoms with Crippen molar-refractivity contribution in [1.82, 2.24) is 10.3 Å². The number of carbonyl (C=O) groups excluding carboxylic acids is 1. The van der Waals surface area contributed by atoms with Gasteiger partial charge in [-0.3, -0.25) is 9.78 Å². The first-order chi connectivity index (χ1) is 9.72. The second kappa shape index (κ2) is 6.85. The maximum Gasteiger partial charge on any atom is 0.253 e. The van der Waals surface area contributed by atoms with Gasteiger partial charge in [-0.15, -0.1) is 0 Å². The number of pyridine rings is 1. The van der Waals surface area contributed by atoms with E-state index in [0.717, 1.165) is 36.3 Å².